The molecule has 24 heavy (non-hydrogen) atoms. The Morgan fingerprint density at radius 1 is 1.08 bits per heavy atom. The van der Waals surface area contributed by atoms with Crippen molar-refractivity contribution in [1.82, 2.24) is 9.55 Å². The van der Waals surface area contributed by atoms with E-state index in [0.29, 0.717) is 17.9 Å². The van der Waals surface area contributed by atoms with E-state index in [1.54, 1.807) is 37.4 Å². The maximum Gasteiger partial charge on any atom is 0.193 e. The summed E-state index contributed by atoms with van der Waals surface area (Å²) in [4.78, 5) is 4.32. The van der Waals surface area contributed by atoms with Gasteiger partial charge in [-0.15, -0.1) is 0 Å². The lowest BCUT2D eigenvalue weighted by Crippen LogP contribution is -2.07. The van der Waals surface area contributed by atoms with Crippen molar-refractivity contribution in [3.63, 3.8) is 0 Å². The normalized spacial score (nSPS) is 10.8. The molecule has 0 aliphatic carbocycles. The van der Waals surface area contributed by atoms with Gasteiger partial charge in [0.1, 0.15) is 18.2 Å². The molecule has 0 aliphatic heterocycles. The van der Waals surface area contributed by atoms with Crippen LogP contribution in [0.1, 0.15) is 5.56 Å². The number of nitrogens with zero attached hydrogens (tertiary/aromatic N) is 2. The molecule has 2 heterocycles. The first-order valence-corrected chi connectivity index (χ1v) is 7.47. The molecular formula is C18H17FN2O3. The Bertz CT molecular complexity index is 824. The minimum Gasteiger partial charge on any atom is -0.494 e. The number of rotatable bonds is 5. The van der Waals surface area contributed by atoms with Gasteiger partial charge in [0.25, 0.3) is 0 Å². The van der Waals surface area contributed by atoms with Crippen molar-refractivity contribution in [2.24, 2.45) is 0 Å². The Morgan fingerprint density at radius 2 is 1.83 bits per heavy atom. The van der Waals surface area contributed by atoms with Gasteiger partial charge in [0.05, 0.1) is 18.4 Å². The van der Waals surface area contributed by atoms with Gasteiger partial charge < -0.3 is 14.9 Å². The van der Waals surface area contributed by atoms with E-state index in [9.17, 15) is 14.6 Å². The van der Waals surface area contributed by atoms with E-state index in [1.165, 1.54) is 22.8 Å². The number of ether oxygens (including phenoxy) is 1. The molecule has 0 unspecified atom stereocenters. The SMILES string of the molecule is Cc1cc(-c2ccc(OCCn3c(O)ccc3O)cn2)ccc1F. The third kappa shape index (κ3) is 3.32. The van der Waals surface area contributed by atoms with Crippen LogP contribution in [0.4, 0.5) is 4.39 Å². The van der Waals surface area contributed by atoms with Crippen LogP contribution in [0.25, 0.3) is 11.3 Å². The summed E-state index contributed by atoms with van der Waals surface area (Å²) in [7, 11) is 0. The molecule has 2 aromatic heterocycles. The largest absolute Gasteiger partial charge is 0.494 e. The molecule has 0 radical (unpaired) electrons. The quantitative estimate of drug-likeness (QED) is 0.752. The number of hydrogen-bond acceptors (Lipinski definition) is 4. The van der Waals surface area contributed by atoms with Gasteiger partial charge in [0.2, 0.25) is 0 Å². The molecule has 0 spiro atoms. The number of benzene rings is 1. The van der Waals surface area contributed by atoms with Crippen LogP contribution in [-0.2, 0) is 6.54 Å². The molecule has 0 aliphatic rings. The van der Waals surface area contributed by atoms with Crippen LogP contribution < -0.4 is 4.74 Å². The molecule has 2 N–H and O–H groups in total. The van der Waals surface area contributed by atoms with Crippen molar-refractivity contribution >= 4 is 0 Å². The number of aromatic nitrogens is 2. The molecule has 6 heteroatoms. The van der Waals surface area contributed by atoms with Gasteiger partial charge in [0, 0.05) is 17.7 Å². The summed E-state index contributed by atoms with van der Waals surface area (Å²) in [5.41, 5.74) is 2.13. The highest BCUT2D eigenvalue weighted by atomic mass is 19.1. The highest BCUT2D eigenvalue weighted by Crippen LogP contribution is 2.23. The smallest absolute Gasteiger partial charge is 0.193 e. The van der Waals surface area contributed by atoms with Gasteiger partial charge in [-0.3, -0.25) is 9.55 Å². The maximum absolute atomic E-state index is 13.3. The van der Waals surface area contributed by atoms with Crippen molar-refractivity contribution in [3.8, 4) is 28.8 Å². The van der Waals surface area contributed by atoms with Crippen LogP contribution in [0.2, 0.25) is 0 Å². The number of aromatic hydroxyl groups is 2. The molecule has 3 rings (SSSR count). The molecular weight excluding hydrogens is 311 g/mol. The third-order valence-electron chi connectivity index (χ3n) is 3.71. The first-order valence-electron chi connectivity index (χ1n) is 7.47. The lowest BCUT2D eigenvalue weighted by molar-refractivity contribution is 0.274. The summed E-state index contributed by atoms with van der Waals surface area (Å²) in [6.07, 6.45) is 1.59. The Labute approximate surface area is 138 Å². The predicted molar refractivity (Wildman–Crippen MR) is 87.6 cm³/mol. The Balaban J connectivity index is 1.63. The highest BCUT2D eigenvalue weighted by molar-refractivity contribution is 5.60. The van der Waals surface area contributed by atoms with Gasteiger partial charge in [-0.05, 0) is 42.8 Å². The van der Waals surface area contributed by atoms with Crippen molar-refractivity contribution < 1.29 is 19.3 Å². The number of halogens is 1. The first-order chi connectivity index (χ1) is 11.5. The predicted octanol–water partition coefficient (Wildman–Crippen LogP) is 3.49. The second-order valence-corrected chi connectivity index (χ2v) is 5.39. The molecule has 0 saturated heterocycles. The first kappa shape index (κ1) is 15.9. The van der Waals surface area contributed by atoms with Crippen LogP contribution in [0.5, 0.6) is 17.5 Å². The number of aryl methyl sites for hydroxylation is 1. The third-order valence-corrected chi connectivity index (χ3v) is 3.71. The van der Waals surface area contributed by atoms with Gasteiger partial charge in [0.15, 0.2) is 11.8 Å². The topological polar surface area (TPSA) is 67.5 Å². The van der Waals surface area contributed by atoms with E-state index >= 15 is 0 Å². The van der Waals surface area contributed by atoms with Gasteiger partial charge >= 0.3 is 0 Å². The van der Waals surface area contributed by atoms with Crippen LogP contribution >= 0.6 is 0 Å². The van der Waals surface area contributed by atoms with Crippen molar-refractivity contribution in [2.45, 2.75) is 13.5 Å². The molecule has 0 bridgehead atoms. The maximum atomic E-state index is 13.3. The molecule has 0 fully saturated rings. The molecule has 3 aromatic rings. The van der Waals surface area contributed by atoms with E-state index in [1.807, 2.05) is 0 Å². The molecule has 1 aromatic carbocycles. The zero-order valence-electron chi connectivity index (χ0n) is 13.1. The Hall–Kier alpha value is -3.02. The second kappa shape index (κ2) is 6.62. The van der Waals surface area contributed by atoms with Crippen LogP contribution in [-0.4, -0.2) is 26.4 Å². The fraction of sp³-hybridized carbons (Fsp3) is 0.167. The average molecular weight is 328 g/mol. The summed E-state index contributed by atoms with van der Waals surface area (Å²) >= 11 is 0. The molecule has 5 nitrogen and oxygen atoms in total. The van der Waals surface area contributed by atoms with E-state index < -0.39 is 0 Å². The van der Waals surface area contributed by atoms with Crippen LogP contribution in [0, 0.1) is 12.7 Å². The highest BCUT2D eigenvalue weighted by Gasteiger charge is 2.06. The van der Waals surface area contributed by atoms with Gasteiger partial charge in [-0.25, -0.2) is 4.39 Å². The van der Waals surface area contributed by atoms with Gasteiger partial charge in [-0.1, -0.05) is 0 Å². The zero-order valence-corrected chi connectivity index (χ0v) is 13.1. The van der Waals surface area contributed by atoms with E-state index in [4.69, 9.17) is 4.74 Å². The second-order valence-electron chi connectivity index (χ2n) is 5.39. The van der Waals surface area contributed by atoms with E-state index in [2.05, 4.69) is 4.98 Å². The minimum atomic E-state index is -0.241. The van der Waals surface area contributed by atoms with Gasteiger partial charge in [-0.2, -0.15) is 0 Å². The monoisotopic (exact) mass is 328 g/mol. The van der Waals surface area contributed by atoms with Crippen LogP contribution in [0.3, 0.4) is 0 Å². The zero-order chi connectivity index (χ0) is 17.1. The average Bonchev–Trinajstić information content (AvgIpc) is 2.90. The van der Waals surface area contributed by atoms with E-state index in [-0.39, 0.29) is 24.2 Å². The van der Waals surface area contributed by atoms with Crippen molar-refractivity contribution in [2.75, 3.05) is 6.61 Å². The summed E-state index contributed by atoms with van der Waals surface area (Å²) in [5, 5.41) is 19.1. The molecule has 0 saturated carbocycles. The number of hydrogen-bond donors (Lipinski definition) is 2. The van der Waals surface area contributed by atoms with Crippen molar-refractivity contribution in [1.29, 1.82) is 0 Å². The Kier molecular flexibility index (Phi) is 4.37. The number of pyridine rings is 1. The minimum absolute atomic E-state index is 0.0174. The summed E-state index contributed by atoms with van der Waals surface area (Å²) in [5.74, 6) is 0.298. The Morgan fingerprint density at radius 3 is 2.46 bits per heavy atom. The summed E-state index contributed by atoms with van der Waals surface area (Å²) in [6, 6.07) is 11.3. The van der Waals surface area contributed by atoms with Crippen molar-refractivity contribution in [3.05, 3.63) is 60.0 Å². The summed E-state index contributed by atoms with van der Waals surface area (Å²) < 4.78 is 20.2. The fourth-order valence-electron chi connectivity index (χ4n) is 2.37. The molecule has 124 valence electrons. The lowest BCUT2D eigenvalue weighted by atomic mass is 10.1. The standard InChI is InChI=1S/C18H17FN2O3/c1-12-10-13(2-4-15(12)19)16-5-3-14(11-20-16)24-9-8-21-17(22)6-7-18(21)23/h2-7,10-11,22-23H,8-9H2,1H3. The van der Waals surface area contributed by atoms with E-state index in [0.717, 1.165) is 11.3 Å². The fourth-order valence-corrected chi connectivity index (χ4v) is 2.37. The summed E-state index contributed by atoms with van der Waals surface area (Å²) in [6.45, 7) is 2.29. The lowest BCUT2D eigenvalue weighted by Gasteiger charge is -2.09. The molecule has 0 amide bonds. The molecule has 0 atom stereocenters. The van der Waals surface area contributed by atoms with Crippen LogP contribution in [0.15, 0.2) is 48.7 Å².